The summed E-state index contributed by atoms with van der Waals surface area (Å²) >= 11 is 0. The van der Waals surface area contributed by atoms with Crippen LogP contribution in [0.1, 0.15) is 5.56 Å². The highest BCUT2D eigenvalue weighted by Gasteiger charge is 1.91. The topological polar surface area (TPSA) is 24.1 Å². The Morgan fingerprint density at radius 3 is 2.44 bits per heavy atom. The summed E-state index contributed by atoms with van der Waals surface area (Å²) < 4.78 is 1.70. The largest absolute Gasteiger partial charge is 0.339 e. The first-order valence-electron chi connectivity index (χ1n) is 2.89. The van der Waals surface area contributed by atoms with Crippen molar-refractivity contribution in [2.24, 2.45) is 0 Å². The van der Waals surface area contributed by atoms with Gasteiger partial charge < -0.3 is 5.11 Å². The van der Waals surface area contributed by atoms with E-state index in [1.165, 1.54) is 5.56 Å². The molecule has 2 heteroatoms. The number of aryl methyl sites for hydroxylation is 1. The molecule has 0 fully saturated rings. The number of pyridine rings is 1. The van der Waals surface area contributed by atoms with Crippen LogP contribution in [0, 0.1) is 6.92 Å². The Bertz CT molecular complexity index is 181. The summed E-state index contributed by atoms with van der Waals surface area (Å²) in [4.78, 5) is 0. The quantitative estimate of drug-likeness (QED) is 0.532. The highest BCUT2D eigenvalue weighted by molar-refractivity contribution is 5.02. The third-order valence-electron chi connectivity index (χ3n) is 1.22. The summed E-state index contributed by atoms with van der Waals surface area (Å²) in [5.41, 5.74) is 1.21. The van der Waals surface area contributed by atoms with Crippen molar-refractivity contribution in [2.75, 3.05) is 0 Å². The van der Waals surface area contributed by atoms with Crippen molar-refractivity contribution in [1.82, 2.24) is 0 Å². The Labute approximate surface area is 54.4 Å². The molecule has 1 aromatic rings. The van der Waals surface area contributed by atoms with Gasteiger partial charge in [-0.25, -0.2) is 0 Å². The normalized spacial score (nSPS) is 9.56. The van der Waals surface area contributed by atoms with E-state index in [4.69, 9.17) is 5.11 Å². The summed E-state index contributed by atoms with van der Waals surface area (Å²) in [5, 5.41) is 8.59. The van der Waals surface area contributed by atoms with Crippen molar-refractivity contribution >= 4 is 0 Å². The van der Waals surface area contributed by atoms with Crippen LogP contribution in [0.2, 0.25) is 0 Å². The Balaban J connectivity index is 2.88. The zero-order valence-corrected chi connectivity index (χ0v) is 5.41. The van der Waals surface area contributed by atoms with Gasteiger partial charge in [0.1, 0.15) is 0 Å². The first-order chi connectivity index (χ1) is 4.33. The predicted octanol–water partition coefficient (Wildman–Crippen LogP) is 0.232. The lowest BCUT2D eigenvalue weighted by molar-refractivity contribution is -0.730. The number of hydrogen-bond donors (Lipinski definition) is 1. The van der Waals surface area contributed by atoms with Crippen molar-refractivity contribution in [3.63, 3.8) is 0 Å². The van der Waals surface area contributed by atoms with Gasteiger partial charge in [0, 0.05) is 12.1 Å². The van der Waals surface area contributed by atoms with E-state index in [1.54, 1.807) is 4.57 Å². The zero-order chi connectivity index (χ0) is 6.69. The molecular formula is C7H10NO+. The summed E-state index contributed by atoms with van der Waals surface area (Å²) in [5.74, 6) is 0. The molecule has 0 aromatic carbocycles. The minimum atomic E-state index is 0.0558. The highest BCUT2D eigenvalue weighted by atomic mass is 16.3. The van der Waals surface area contributed by atoms with Crippen LogP contribution in [0.15, 0.2) is 24.5 Å². The number of nitrogens with zero attached hydrogens (tertiary/aromatic N) is 1. The van der Waals surface area contributed by atoms with Gasteiger partial charge in [0.2, 0.25) is 6.73 Å². The molecule has 0 aliphatic carbocycles. The molecule has 0 aliphatic rings. The molecule has 1 heterocycles. The van der Waals surface area contributed by atoms with Crippen molar-refractivity contribution in [3.05, 3.63) is 30.1 Å². The lowest BCUT2D eigenvalue weighted by Gasteiger charge is -1.88. The first kappa shape index (κ1) is 6.23. The Morgan fingerprint density at radius 2 is 2.00 bits per heavy atom. The molecule has 0 amide bonds. The molecule has 0 radical (unpaired) electrons. The van der Waals surface area contributed by atoms with Gasteiger partial charge in [-0.1, -0.05) is 0 Å². The lowest BCUT2D eigenvalue weighted by Crippen LogP contribution is -2.32. The van der Waals surface area contributed by atoms with E-state index in [2.05, 4.69) is 0 Å². The zero-order valence-electron chi connectivity index (χ0n) is 5.41. The van der Waals surface area contributed by atoms with Gasteiger partial charge in [-0.3, -0.25) is 0 Å². The summed E-state index contributed by atoms with van der Waals surface area (Å²) in [7, 11) is 0. The minimum absolute atomic E-state index is 0.0558. The van der Waals surface area contributed by atoms with E-state index >= 15 is 0 Å². The summed E-state index contributed by atoms with van der Waals surface area (Å²) in [6.07, 6.45) is 3.69. The van der Waals surface area contributed by atoms with Gasteiger partial charge in [-0.15, -0.1) is 0 Å². The van der Waals surface area contributed by atoms with Gasteiger partial charge in [0.25, 0.3) is 0 Å². The second-order valence-electron chi connectivity index (χ2n) is 2.03. The smallest absolute Gasteiger partial charge is 0.250 e. The maximum atomic E-state index is 8.59. The third kappa shape index (κ3) is 1.50. The summed E-state index contributed by atoms with van der Waals surface area (Å²) in [6.45, 7) is 2.07. The molecule has 0 atom stereocenters. The Morgan fingerprint density at radius 1 is 1.44 bits per heavy atom. The van der Waals surface area contributed by atoms with Crippen LogP contribution in [-0.2, 0) is 6.73 Å². The number of rotatable bonds is 1. The first-order valence-corrected chi connectivity index (χ1v) is 2.89. The number of aliphatic hydroxyl groups excluding tert-OH is 1. The van der Waals surface area contributed by atoms with Gasteiger partial charge in [0.05, 0.1) is 0 Å². The van der Waals surface area contributed by atoms with E-state index < -0.39 is 0 Å². The van der Waals surface area contributed by atoms with E-state index in [9.17, 15) is 0 Å². The van der Waals surface area contributed by atoms with Gasteiger partial charge in [-0.2, -0.15) is 4.57 Å². The second-order valence-corrected chi connectivity index (χ2v) is 2.03. The van der Waals surface area contributed by atoms with Crippen molar-refractivity contribution in [3.8, 4) is 0 Å². The van der Waals surface area contributed by atoms with Gasteiger partial charge in [0.15, 0.2) is 12.4 Å². The van der Waals surface area contributed by atoms with E-state index in [1.807, 2.05) is 31.5 Å². The molecular weight excluding hydrogens is 114 g/mol. The molecule has 1 rings (SSSR count). The number of aliphatic hydroxyl groups is 1. The average Bonchev–Trinajstić information content (AvgIpc) is 1.90. The van der Waals surface area contributed by atoms with Gasteiger partial charge >= 0.3 is 0 Å². The fourth-order valence-electron chi connectivity index (χ4n) is 0.626. The lowest BCUT2D eigenvalue weighted by atomic mass is 10.3. The van der Waals surface area contributed by atoms with Crippen molar-refractivity contribution < 1.29 is 9.67 Å². The van der Waals surface area contributed by atoms with Crippen molar-refractivity contribution in [1.29, 1.82) is 0 Å². The molecule has 1 aromatic heterocycles. The van der Waals surface area contributed by atoms with Gasteiger partial charge in [-0.05, 0) is 12.5 Å². The molecule has 1 N–H and O–H groups in total. The standard InChI is InChI=1S/C7H10NO/c1-7-2-4-8(6-9)5-3-7/h2-5,9H,6H2,1H3/q+1. The molecule has 48 valence electrons. The number of aromatic nitrogens is 1. The Hall–Kier alpha value is -0.890. The molecule has 0 saturated heterocycles. The van der Waals surface area contributed by atoms with Crippen LogP contribution in [0.4, 0.5) is 0 Å². The molecule has 0 unspecified atom stereocenters. The van der Waals surface area contributed by atoms with Crippen LogP contribution in [0.5, 0.6) is 0 Å². The molecule has 0 spiro atoms. The fourth-order valence-corrected chi connectivity index (χ4v) is 0.626. The second kappa shape index (κ2) is 2.60. The van der Waals surface area contributed by atoms with E-state index in [0.717, 1.165) is 0 Å². The van der Waals surface area contributed by atoms with E-state index in [0.29, 0.717) is 0 Å². The fraction of sp³-hybridized carbons (Fsp3) is 0.286. The van der Waals surface area contributed by atoms with Crippen LogP contribution >= 0.6 is 0 Å². The third-order valence-corrected chi connectivity index (χ3v) is 1.22. The molecule has 0 saturated carbocycles. The maximum Gasteiger partial charge on any atom is 0.250 e. The van der Waals surface area contributed by atoms with Crippen molar-refractivity contribution in [2.45, 2.75) is 13.7 Å². The van der Waals surface area contributed by atoms with Crippen LogP contribution in [0.25, 0.3) is 0 Å². The molecule has 0 aliphatic heterocycles. The highest BCUT2D eigenvalue weighted by Crippen LogP contribution is 1.88. The monoisotopic (exact) mass is 124 g/mol. The minimum Gasteiger partial charge on any atom is -0.339 e. The number of hydrogen-bond acceptors (Lipinski definition) is 1. The maximum absolute atomic E-state index is 8.59. The summed E-state index contributed by atoms with van der Waals surface area (Å²) in [6, 6.07) is 3.91. The van der Waals surface area contributed by atoms with Crippen LogP contribution < -0.4 is 4.57 Å². The predicted molar refractivity (Wildman–Crippen MR) is 33.6 cm³/mol. The Kier molecular flexibility index (Phi) is 1.80. The molecule has 0 bridgehead atoms. The molecule has 9 heavy (non-hydrogen) atoms. The average molecular weight is 124 g/mol. The molecule has 2 nitrogen and oxygen atoms in total. The van der Waals surface area contributed by atoms with Crippen LogP contribution in [-0.4, -0.2) is 5.11 Å². The van der Waals surface area contributed by atoms with Crippen LogP contribution in [0.3, 0.4) is 0 Å². The van der Waals surface area contributed by atoms with E-state index in [-0.39, 0.29) is 6.73 Å². The SMILES string of the molecule is Cc1cc[n+](CO)cc1.